The van der Waals surface area contributed by atoms with Gasteiger partial charge >= 0.3 is 11.9 Å². The molecule has 4 nitrogen and oxygen atoms in total. The lowest BCUT2D eigenvalue weighted by molar-refractivity contribution is -0.155. The number of hydrogen-bond acceptors (Lipinski definition) is 4. The van der Waals surface area contributed by atoms with Crippen LogP contribution in [0.4, 0.5) is 0 Å². The fraction of sp³-hybridized carbons (Fsp3) is 0.444. The molecule has 0 aromatic carbocycles. The molecule has 0 saturated heterocycles. The molecule has 0 aromatic rings. The third kappa shape index (κ3) is 9.75. The number of ether oxygens (including phenoxy) is 2. The van der Waals surface area contributed by atoms with Crippen LogP contribution in [0.25, 0.3) is 0 Å². The van der Waals surface area contributed by atoms with E-state index in [4.69, 9.17) is 9.47 Å². The molecule has 0 radical (unpaired) electrons. The second-order valence-corrected chi connectivity index (χ2v) is 4.82. The van der Waals surface area contributed by atoms with Gasteiger partial charge in [-0.15, -0.1) is 26.3 Å². The van der Waals surface area contributed by atoms with E-state index in [0.717, 1.165) is 0 Å². The van der Waals surface area contributed by atoms with Crippen molar-refractivity contribution < 1.29 is 19.1 Å². The summed E-state index contributed by atoms with van der Waals surface area (Å²) in [5.74, 6) is -0.843. The number of esters is 2. The molecule has 0 aromatic heterocycles. The van der Waals surface area contributed by atoms with Crippen LogP contribution in [0.1, 0.15) is 38.5 Å². The van der Waals surface area contributed by atoms with Crippen molar-refractivity contribution >= 4 is 11.9 Å². The predicted molar refractivity (Wildman–Crippen MR) is 88.3 cm³/mol. The van der Waals surface area contributed by atoms with Crippen molar-refractivity contribution in [2.75, 3.05) is 0 Å². The highest BCUT2D eigenvalue weighted by atomic mass is 16.5. The molecular weight excluding hydrogens is 280 g/mol. The zero-order chi connectivity index (χ0) is 16.8. The normalized spacial score (nSPS) is 10.1. The quantitative estimate of drug-likeness (QED) is 0.382. The van der Waals surface area contributed by atoms with E-state index < -0.39 is 11.9 Å². The van der Waals surface area contributed by atoms with E-state index in [9.17, 15) is 9.59 Å². The number of hydrogen-bond donors (Lipinski definition) is 0. The number of rotatable bonds is 13. The van der Waals surface area contributed by atoms with Gasteiger partial charge in [0, 0.05) is 25.7 Å². The van der Waals surface area contributed by atoms with Crippen LogP contribution < -0.4 is 0 Å². The van der Waals surface area contributed by atoms with Crippen molar-refractivity contribution in [2.24, 2.45) is 0 Å². The number of carbonyl (C=O) groups excluding carboxylic acids is 2. The van der Waals surface area contributed by atoms with Gasteiger partial charge in [0.15, 0.2) is 0 Å². The van der Waals surface area contributed by atoms with Crippen LogP contribution in [0.2, 0.25) is 0 Å². The molecule has 0 aliphatic rings. The SMILES string of the molecule is C=CCC(CC=C)OC(=O)CCC(=O)OC(CC=C)CC=C. The molecule has 0 aliphatic carbocycles. The van der Waals surface area contributed by atoms with Crippen molar-refractivity contribution in [2.45, 2.75) is 50.7 Å². The fourth-order valence-electron chi connectivity index (χ4n) is 1.82. The Morgan fingerprint density at radius 2 is 0.955 bits per heavy atom. The summed E-state index contributed by atoms with van der Waals surface area (Å²) in [5, 5.41) is 0. The Balaban J connectivity index is 4.17. The van der Waals surface area contributed by atoms with Gasteiger partial charge in [0.2, 0.25) is 0 Å². The van der Waals surface area contributed by atoms with Crippen LogP contribution in [-0.4, -0.2) is 24.1 Å². The van der Waals surface area contributed by atoms with Crippen molar-refractivity contribution in [1.82, 2.24) is 0 Å². The van der Waals surface area contributed by atoms with Gasteiger partial charge in [-0.25, -0.2) is 0 Å². The Morgan fingerprint density at radius 3 is 1.18 bits per heavy atom. The summed E-state index contributed by atoms with van der Waals surface area (Å²) in [6.45, 7) is 14.5. The van der Waals surface area contributed by atoms with Gasteiger partial charge < -0.3 is 9.47 Å². The monoisotopic (exact) mass is 306 g/mol. The largest absolute Gasteiger partial charge is 0.462 e. The van der Waals surface area contributed by atoms with Gasteiger partial charge in [-0.1, -0.05) is 24.3 Å². The van der Waals surface area contributed by atoms with Crippen LogP contribution in [0.5, 0.6) is 0 Å². The lowest BCUT2D eigenvalue weighted by Crippen LogP contribution is -2.20. The third-order valence-corrected chi connectivity index (χ3v) is 2.85. The second-order valence-electron chi connectivity index (χ2n) is 4.82. The zero-order valence-corrected chi connectivity index (χ0v) is 13.2. The highest BCUT2D eigenvalue weighted by molar-refractivity contribution is 5.77. The lowest BCUT2D eigenvalue weighted by atomic mass is 10.2. The average molecular weight is 306 g/mol. The molecule has 122 valence electrons. The maximum Gasteiger partial charge on any atom is 0.306 e. The molecule has 0 N–H and O–H groups in total. The van der Waals surface area contributed by atoms with Crippen molar-refractivity contribution in [3.63, 3.8) is 0 Å². The topological polar surface area (TPSA) is 52.6 Å². The Bertz CT molecular complexity index is 340. The zero-order valence-electron chi connectivity index (χ0n) is 13.2. The molecular formula is C18H26O4. The van der Waals surface area contributed by atoms with Crippen LogP contribution in [-0.2, 0) is 19.1 Å². The van der Waals surface area contributed by atoms with Crippen LogP contribution in [0.15, 0.2) is 50.6 Å². The van der Waals surface area contributed by atoms with Gasteiger partial charge in [0.05, 0.1) is 12.8 Å². The maximum absolute atomic E-state index is 11.7. The molecule has 0 atom stereocenters. The Morgan fingerprint density at radius 1 is 0.682 bits per heavy atom. The summed E-state index contributed by atoms with van der Waals surface area (Å²) in [6.07, 6.45) is 8.43. The summed E-state index contributed by atoms with van der Waals surface area (Å²) in [6, 6.07) is 0. The Labute approximate surface area is 133 Å². The van der Waals surface area contributed by atoms with Gasteiger partial charge in [-0.05, 0) is 0 Å². The second kappa shape index (κ2) is 12.6. The van der Waals surface area contributed by atoms with Gasteiger partial charge in [-0.2, -0.15) is 0 Å². The van der Waals surface area contributed by atoms with E-state index in [-0.39, 0.29) is 25.0 Å². The molecule has 0 saturated carbocycles. The smallest absolute Gasteiger partial charge is 0.306 e. The van der Waals surface area contributed by atoms with Gasteiger partial charge in [0.1, 0.15) is 12.2 Å². The molecule has 0 aliphatic heterocycles. The van der Waals surface area contributed by atoms with Crippen LogP contribution in [0, 0.1) is 0 Å². The maximum atomic E-state index is 11.7. The lowest BCUT2D eigenvalue weighted by Gasteiger charge is -2.16. The molecule has 0 bridgehead atoms. The predicted octanol–water partition coefficient (Wildman–Crippen LogP) is 3.89. The summed E-state index contributed by atoms with van der Waals surface area (Å²) < 4.78 is 10.5. The van der Waals surface area contributed by atoms with E-state index >= 15 is 0 Å². The molecule has 4 heteroatoms. The fourth-order valence-corrected chi connectivity index (χ4v) is 1.82. The summed E-state index contributed by atoms with van der Waals surface area (Å²) in [7, 11) is 0. The third-order valence-electron chi connectivity index (χ3n) is 2.85. The molecule has 0 rings (SSSR count). The highest BCUT2D eigenvalue weighted by Crippen LogP contribution is 2.10. The van der Waals surface area contributed by atoms with Crippen molar-refractivity contribution in [1.29, 1.82) is 0 Å². The first-order valence-electron chi connectivity index (χ1n) is 7.39. The molecule has 0 amide bonds. The standard InChI is InChI=1S/C18H26O4/c1-5-9-15(10-6-2)21-17(19)13-14-18(20)22-16(11-7-3)12-8-4/h5-8,15-16H,1-4,9-14H2. The van der Waals surface area contributed by atoms with Crippen LogP contribution in [0.3, 0.4) is 0 Å². The van der Waals surface area contributed by atoms with E-state index in [1.807, 2.05) is 0 Å². The Kier molecular flexibility index (Phi) is 11.4. The van der Waals surface area contributed by atoms with E-state index in [0.29, 0.717) is 25.7 Å². The molecule has 0 unspecified atom stereocenters. The van der Waals surface area contributed by atoms with E-state index in [1.54, 1.807) is 24.3 Å². The summed E-state index contributed by atoms with van der Waals surface area (Å²) in [4.78, 5) is 23.4. The molecule has 0 fully saturated rings. The van der Waals surface area contributed by atoms with Crippen LogP contribution >= 0.6 is 0 Å². The van der Waals surface area contributed by atoms with E-state index in [1.165, 1.54) is 0 Å². The van der Waals surface area contributed by atoms with Gasteiger partial charge in [-0.3, -0.25) is 9.59 Å². The first-order chi connectivity index (χ1) is 10.6. The minimum absolute atomic E-state index is 0.00147. The summed E-state index contributed by atoms with van der Waals surface area (Å²) >= 11 is 0. The minimum Gasteiger partial charge on any atom is -0.462 e. The Hall–Kier alpha value is -2.10. The first kappa shape index (κ1) is 19.9. The first-order valence-corrected chi connectivity index (χ1v) is 7.39. The molecule has 22 heavy (non-hydrogen) atoms. The van der Waals surface area contributed by atoms with Crippen molar-refractivity contribution in [3.05, 3.63) is 50.6 Å². The molecule has 0 spiro atoms. The average Bonchev–Trinajstić information content (AvgIpc) is 2.46. The molecule has 0 heterocycles. The minimum atomic E-state index is -0.422. The highest BCUT2D eigenvalue weighted by Gasteiger charge is 2.16. The number of carbonyl (C=O) groups is 2. The van der Waals surface area contributed by atoms with Crippen molar-refractivity contribution in [3.8, 4) is 0 Å². The van der Waals surface area contributed by atoms with E-state index in [2.05, 4.69) is 26.3 Å². The van der Waals surface area contributed by atoms with Gasteiger partial charge in [0.25, 0.3) is 0 Å². The summed E-state index contributed by atoms with van der Waals surface area (Å²) in [5.41, 5.74) is 0.